The molecule has 0 radical (unpaired) electrons. The number of nitrogens with two attached hydrogens (primary N) is 2. The predicted molar refractivity (Wildman–Crippen MR) is 135 cm³/mol. The van der Waals surface area contributed by atoms with E-state index in [4.69, 9.17) is 34.9 Å². The third-order valence-electron chi connectivity index (χ3n) is 6.33. The smallest absolute Gasteiger partial charge is 0.390 e. The number of rotatable bonds is 10. The molecule has 2 fully saturated rings. The third-order valence-corrected chi connectivity index (χ3v) is 7.71. The van der Waals surface area contributed by atoms with Crippen molar-refractivity contribution in [2.75, 3.05) is 24.7 Å². The van der Waals surface area contributed by atoms with Crippen LogP contribution >= 0.6 is 16.1 Å². The molecule has 222 valence electrons. The topological polar surface area (TPSA) is 291 Å². The zero-order valence-corrected chi connectivity index (χ0v) is 22.6. The van der Waals surface area contributed by atoms with Gasteiger partial charge < -0.3 is 30.9 Å². The van der Waals surface area contributed by atoms with Gasteiger partial charge in [-0.2, -0.15) is 9.97 Å². The number of imidazole rings is 1. The van der Waals surface area contributed by atoms with Crippen molar-refractivity contribution in [3.63, 3.8) is 0 Å². The highest BCUT2D eigenvalue weighted by Crippen LogP contribution is 2.49. The third kappa shape index (κ3) is 6.52. The molecule has 41 heavy (non-hydrogen) atoms. The number of nitrogen functional groups attached to an aromatic ring is 2. The molecule has 0 amide bonds. The summed E-state index contributed by atoms with van der Waals surface area (Å²) in [5.41, 5.74) is 9.90. The van der Waals surface area contributed by atoms with E-state index >= 15 is 0 Å². The van der Waals surface area contributed by atoms with Gasteiger partial charge >= 0.3 is 21.8 Å². The van der Waals surface area contributed by atoms with Crippen molar-refractivity contribution in [3.05, 3.63) is 39.4 Å². The summed E-state index contributed by atoms with van der Waals surface area (Å²) in [6.07, 6.45) is -4.09. The number of nitrogens with zero attached hydrogens (tertiary/aromatic N) is 5. The van der Waals surface area contributed by atoms with Crippen molar-refractivity contribution in [2.24, 2.45) is 0 Å². The minimum Gasteiger partial charge on any atom is -0.390 e. The molecule has 5 rings (SSSR count). The summed E-state index contributed by atoms with van der Waals surface area (Å²) in [6.45, 7) is -1.10. The van der Waals surface area contributed by atoms with E-state index < -0.39 is 77.4 Å². The van der Waals surface area contributed by atoms with E-state index in [-0.39, 0.29) is 35.8 Å². The van der Waals surface area contributed by atoms with Crippen LogP contribution in [0.3, 0.4) is 0 Å². The second-order valence-corrected chi connectivity index (χ2v) is 11.2. The van der Waals surface area contributed by atoms with Gasteiger partial charge in [-0.05, 0) is 6.07 Å². The minimum atomic E-state index is -4.85. The molecule has 2 unspecified atom stereocenters. The average molecular weight is 619 g/mol. The highest BCUT2D eigenvalue weighted by atomic mass is 31.2. The Morgan fingerprint density at radius 1 is 1.15 bits per heavy atom. The van der Waals surface area contributed by atoms with Crippen LogP contribution in [0.1, 0.15) is 25.3 Å². The maximum Gasteiger partial charge on any atom is 0.694 e. The summed E-state index contributed by atoms with van der Waals surface area (Å²) in [5.74, 6) is -0.178. The normalized spacial score (nSPS) is 28.2. The van der Waals surface area contributed by atoms with Gasteiger partial charge in [0.1, 0.15) is 43.2 Å². The van der Waals surface area contributed by atoms with Crippen LogP contribution in [0.15, 0.2) is 28.2 Å². The molecule has 22 heteroatoms. The van der Waals surface area contributed by atoms with E-state index in [9.17, 15) is 28.7 Å². The van der Waals surface area contributed by atoms with Gasteiger partial charge in [0.05, 0.1) is 19.0 Å². The zero-order valence-electron chi connectivity index (χ0n) is 20.8. The number of aliphatic hydroxyl groups is 1. The Kier molecular flexibility index (Phi) is 8.31. The van der Waals surface area contributed by atoms with Crippen LogP contribution < -0.4 is 22.7 Å². The fourth-order valence-corrected chi connectivity index (χ4v) is 5.71. The van der Waals surface area contributed by atoms with Crippen LogP contribution in [0.25, 0.3) is 11.2 Å². The molecule has 3 aromatic rings. The van der Waals surface area contributed by atoms with Gasteiger partial charge in [-0.1, -0.05) is 0 Å². The molecular formula is C19H25N8O12P2+. The fraction of sp³-hybridized carbons (Fsp3) is 0.526. The first-order chi connectivity index (χ1) is 19.4. The lowest BCUT2D eigenvalue weighted by Gasteiger charge is -2.21. The Bertz CT molecular complexity index is 1610. The maximum absolute atomic E-state index is 12.8. The molecule has 8 atom stereocenters. The molecule has 20 nitrogen and oxygen atoms in total. The second-order valence-electron chi connectivity index (χ2n) is 9.06. The number of aromatic nitrogens is 6. The van der Waals surface area contributed by atoms with Gasteiger partial charge in [0.15, 0.2) is 11.2 Å². The molecule has 5 heterocycles. The van der Waals surface area contributed by atoms with Crippen LogP contribution in [0.5, 0.6) is 0 Å². The van der Waals surface area contributed by atoms with E-state index in [1.165, 1.54) is 23.2 Å². The van der Waals surface area contributed by atoms with Crippen LogP contribution in [-0.2, 0) is 32.2 Å². The Balaban J connectivity index is 1.24. The molecule has 0 aliphatic carbocycles. The van der Waals surface area contributed by atoms with E-state index in [1.54, 1.807) is 0 Å². The van der Waals surface area contributed by atoms with Crippen LogP contribution in [0, 0.1) is 0 Å². The first-order valence-electron chi connectivity index (χ1n) is 11.9. The zero-order chi connectivity index (χ0) is 29.5. The Hall–Kier alpha value is -3.16. The van der Waals surface area contributed by atoms with Gasteiger partial charge in [0.2, 0.25) is 5.95 Å². The first kappa shape index (κ1) is 29.3. The second kappa shape index (κ2) is 11.6. The van der Waals surface area contributed by atoms with E-state index in [1.807, 2.05) is 0 Å². The minimum absolute atomic E-state index is 0.00336. The summed E-state index contributed by atoms with van der Waals surface area (Å²) in [5, 5.41) is 10.5. The number of hydrogen-bond acceptors (Lipinski definition) is 15. The van der Waals surface area contributed by atoms with Crippen molar-refractivity contribution >= 4 is 39.0 Å². The number of hydrogen-bond donors (Lipinski definition) is 6. The molecule has 0 aromatic carbocycles. The molecule has 8 N–H and O–H groups in total. The lowest BCUT2D eigenvalue weighted by Crippen LogP contribution is -2.29. The van der Waals surface area contributed by atoms with Gasteiger partial charge in [-0.25, -0.2) is 14.3 Å². The van der Waals surface area contributed by atoms with Gasteiger partial charge in [0.25, 0.3) is 5.56 Å². The van der Waals surface area contributed by atoms with Gasteiger partial charge in [-0.3, -0.25) is 28.0 Å². The molecular weight excluding hydrogens is 594 g/mol. The number of fused-ring (bicyclic) bond motifs is 1. The van der Waals surface area contributed by atoms with E-state index in [2.05, 4.69) is 24.5 Å². The number of nitrogens with one attached hydrogen (secondary N) is 1. The predicted octanol–water partition coefficient (Wildman–Crippen LogP) is -1.35. The van der Waals surface area contributed by atoms with Gasteiger partial charge in [0, 0.05) is 23.6 Å². The number of phosphoric acid groups is 1. The fourth-order valence-electron chi connectivity index (χ4n) is 4.47. The molecule has 2 aliphatic rings. The van der Waals surface area contributed by atoms with Crippen molar-refractivity contribution in [3.8, 4) is 0 Å². The van der Waals surface area contributed by atoms with Crippen LogP contribution in [0.2, 0.25) is 0 Å². The SMILES string of the molecule is Nc1ccn([C@H]2C[C@H](OP(=O)(O)OC[C@H]3O[C@@H](n4cnc5c(=O)[nH]c(N)nc54)C[C@@H]3O)[C@@H](CO[P+](=O)O)O2)c(=O)n1. The number of anilines is 2. The summed E-state index contributed by atoms with van der Waals surface area (Å²) in [6, 6.07) is 1.34. The quantitative estimate of drug-likeness (QED) is 0.143. The Morgan fingerprint density at radius 3 is 2.61 bits per heavy atom. The molecule has 0 saturated carbocycles. The highest BCUT2D eigenvalue weighted by Gasteiger charge is 2.44. The largest absolute Gasteiger partial charge is 0.694 e. The number of H-pyrrole nitrogens is 1. The molecule has 0 spiro atoms. The monoisotopic (exact) mass is 619 g/mol. The first-order valence-corrected chi connectivity index (χ1v) is 14.5. The summed E-state index contributed by atoms with van der Waals surface area (Å²) < 4.78 is 52.8. The summed E-state index contributed by atoms with van der Waals surface area (Å²) in [7, 11) is -7.88. The number of aromatic amines is 1. The number of ether oxygens (including phenoxy) is 2. The lowest BCUT2D eigenvalue weighted by atomic mass is 10.2. The Labute approximate surface area is 229 Å². The van der Waals surface area contributed by atoms with Crippen molar-refractivity contribution in [1.29, 1.82) is 0 Å². The maximum atomic E-state index is 12.8. The van der Waals surface area contributed by atoms with Crippen molar-refractivity contribution in [1.82, 2.24) is 29.1 Å². The van der Waals surface area contributed by atoms with E-state index in [0.29, 0.717) is 0 Å². The lowest BCUT2D eigenvalue weighted by molar-refractivity contribution is -0.0542. The molecule has 0 bridgehead atoms. The van der Waals surface area contributed by atoms with Gasteiger partial charge in [-0.15, -0.1) is 9.42 Å². The Morgan fingerprint density at radius 2 is 1.88 bits per heavy atom. The summed E-state index contributed by atoms with van der Waals surface area (Å²) in [4.78, 5) is 57.6. The average Bonchev–Trinajstić information content (AvgIpc) is 3.58. The molecule has 2 aliphatic heterocycles. The number of aliphatic hydroxyl groups excluding tert-OH is 1. The van der Waals surface area contributed by atoms with Crippen LogP contribution in [0.4, 0.5) is 11.8 Å². The summed E-state index contributed by atoms with van der Waals surface area (Å²) >= 11 is 0. The molecule has 3 aromatic heterocycles. The van der Waals surface area contributed by atoms with Crippen molar-refractivity contribution < 1.29 is 47.1 Å². The van der Waals surface area contributed by atoms with E-state index in [0.717, 1.165) is 4.57 Å². The van der Waals surface area contributed by atoms with Crippen LogP contribution in [-0.4, -0.2) is 81.6 Å². The number of phosphoric ester groups is 1. The molecule has 2 saturated heterocycles. The highest BCUT2D eigenvalue weighted by molar-refractivity contribution is 7.47. The standard InChI is InChI=1S/C19H24N8O12P2/c20-12-1-2-26(19(30)23-12)14-4-9(11(38-14)5-35-40(31)32)39-41(33,34)36-6-10-8(28)3-13(37-10)27-7-22-15-16(27)24-18(21)25-17(15)29/h1-2,7-11,13-14,28H,3-6H2,(H6-,20,21,23,24,25,29,30,31,32,33,34)/p+1/t8-,9-,10+,11+,13+,14+/m0/s1. The van der Waals surface area contributed by atoms with Crippen molar-refractivity contribution in [2.45, 2.75) is 49.7 Å².